The molecule has 1 aliphatic rings. The molecule has 7 heteroatoms. The van der Waals surface area contributed by atoms with Crippen molar-refractivity contribution in [3.63, 3.8) is 0 Å². The molecule has 1 saturated heterocycles. The van der Waals surface area contributed by atoms with Crippen LogP contribution in [0.3, 0.4) is 0 Å². The molecule has 2 atom stereocenters. The number of benzene rings is 1. The first kappa shape index (κ1) is 16.7. The summed E-state index contributed by atoms with van der Waals surface area (Å²) in [4.78, 5) is 0.312. The summed E-state index contributed by atoms with van der Waals surface area (Å²) >= 11 is 11.0. The first-order valence-corrected chi connectivity index (χ1v) is 9.07. The van der Waals surface area contributed by atoms with Crippen LogP contribution in [0.25, 0.3) is 0 Å². The summed E-state index contributed by atoms with van der Waals surface area (Å²) < 4.78 is 27.1. The molecule has 1 aromatic rings. The van der Waals surface area contributed by atoms with Gasteiger partial charge in [0.2, 0.25) is 10.0 Å². The van der Waals surface area contributed by atoms with Gasteiger partial charge in [-0.15, -0.1) is 0 Å². The van der Waals surface area contributed by atoms with Crippen LogP contribution < -0.4 is 5.73 Å². The van der Waals surface area contributed by atoms with Crippen molar-refractivity contribution >= 4 is 38.8 Å². The van der Waals surface area contributed by atoms with Crippen molar-refractivity contribution in [3.8, 4) is 0 Å². The third kappa shape index (κ3) is 3.39. The van der Waals surface area contributed by atoms with Gasteiger partial charge in [0.25, 0.3) is 0 Å². The number of nitrogens with two attached hydrogens (primary N) is 1. The van der Waals surface area contributed by atoms with Crippen LogP contribution in [-0.2, 0) is 10.0 Å². The van der Waals surface area contributed by atoms with Crippen LogP contribution in [-0.4, -0.2) is 30.3 Å². The number of rotatable bonds is 3. The highest BCUT2D eigenvalue weighted by Gasteiger charge is 2.34. The molecule has 0 bridgehead atoms. The number of nitrogens with zero attached hydrogens (tertiary/aromatic N) is 1. The molecule has 1 aromatic carbocycles. The number of halogens is 1. The van der Waals surface area contributed by atoms with E-state index in [-0.39, 0.29) is 20.9 Å². The monoisotopic (exact) mass is 346 g/mol. The van der Waals surface area contributed by atoms with Crippen LogP contribution in [0, 0.1) is 5.92 Å². The smallest absolute Gasteiger partial charge is 0.244 e. The molecule has 0 spiro atoms. The Morgan fingerprint density at radius 2 is 2.10 bits per heavy atom. The summed E-state index contributed by atoms with van der Waals surface area (Å²) in [5, 5.41) is 0.158. The van der Waals surface area contributed by atoms with E-state index in [1.54, 1.807) is 6.07 Å². The highest BCUT2D eigenvalue weighted by atomic mass is 35.5. The highest BCUT2D eigenvalue weighted by Crippen LogP contribution is 2.31. The normalized spacial score (nSPS) is 24.0. The van der Waals surface area contributed by atoms with Gasteiger partial charge >= 0.3 is 0 Å². The zero-order chi connectivity index (χ0) is 15.8. The van der Waals surface area contributed by atoms with E-state index in [2.05, 4.69) is 6.92 Å². The molecule has 2 unspecified atom stereocenters. The van der Waals surface area contributed by atoms with Gasteiger partial charge in [-0.1, -0.05) is 36.8 Å². The van der Waals surface area contributed by atoms with Crippen molar-refractivity contribution in [1.29, 1.82) is 0 Å². The van der Waals surface area contributed by atoms with Crippen LogP contribution in [0.4, 0.5) is 0 Å². The Hall–Kier alpha value is -0.690. The largest absolute Gasteiger partial charge is 0.389 e. The van der Waals surface area contributed by atoms with E-state index >= 15 is 0 Å². The molecule has 21 heavy (non-hydrogen) atoms. The number of hydrogen-bond donors (Lipinski definition) is 1. The van der Waals surface area contributed by atoms with Crippen molar-refractivity contribution in [3.05, 3.63) is 28.8 Å². The quantitative estimate of drug-likeness (QED) is 0.855. The summed E-state index contributed by atoms with van der Waals surface area (Å²) in [6.07, 6.45) is 1.73. The first-order valence-electron chi connectivity index (χ1n) is 6.84. The molecule has 116 valence electrons. The lowest BCUT2D eigenvalue weighted by atomic mass is 9.95. The minimum absolute atomic E-state index is 0.0231. The molecule has 0 saturated carbocycles. The Morgan fingerprint density at radius 1 is 1.43 bits per heavy atom. The average Bonchev–Trinajstić information content (AvgIpc) is 2.37. The van der Waals surface area contributed by atoms with E-state index in [9.17, 15) is 8.42 Å². The van der Waals surface area contributed by atoms with Crippen LogP contribution >= 0.6 is 23.8 Å². The predicted octanol–water partition coefficient (Wildman–Crippen LogP) is 2.78. The fourth-order valence-electron chi connectivity index (χ4n) is 2.73. The minimum atomic E-state index is -3.59. The third-order valence-electron chi connectivity index (χ3n) is 3.88. The van der Waals surface area contributed by atoms with Gasteiger partial charge in [-0.25, -0.2) is 8.42 Å². The number of thiocarbonyl (C=S) groups is 1. The molecule has 0 amide bonds. The topological polar surface area (TPSA) is 63.4 Å². The predicted molar refractivity (Wildman–Crippen MR) is 89.1 cm³/mol. The molecular weight excluding hydrogens is 328 g/mol. The lowest BCUT2D eigenvalue weighted by Crippen LogP contribution is -2.44. The molecule has 2 rings (SSSR count). The first-order chi connectivity index (χ1) is 9.73. The fourth-order valence-corrected chi connectivity index (χ4v) is 5.04. The molecule has 4 nitrogen and oxygen atoms in total. The average molecular weight is 347 g/mol. The van der Waals surface area contributed by atoms with E-state index in [0.29, 0.717) is 18.0 Å². The number of hydrogen-bond acceptors (Lipinski definition) is 3. The maximum Gasteiger partial charge on any atom is 0.244 e. The van der Waals surface area contributed by atoms with Gasteiger partial charge in [-0.2, -0.15) is 4.31 Å². The van der Waals surface area contributed by atoms with Gasteiger partial charge in [0.15, 0.2) is 0 Å². The Morgan fingerprint density at radius 3 is 2.62 bits per heavy atom. The molecule has 0 radical (unpaired) electrons. The summed E-state index contributed by atoms with van der Waals surface area (Å²) in [6, 6.07) is 4.56. The molecule has 2 N–H and O–H groups in total. The second-order valence-corrected chi connectivity index (χ2v) is 8.31. The van der Waals surface area contributed by atoms with Gasteiger partial charge < -0.3 is 5.73 Å². The van der Waals surface area contributed by atoms with Crippen molar-refractivity contribution < 1.29 is 8.42 Å². The second kappa shape index (κ2) is 6.20. The van der Waals surface area contributed by atoms with Crippen molar-refractivity contribution in [1.82, 2.24) is 4.31 Å². The van der Waals surface area contributed by atoms with E-state index < -0.39 is 10.0 Å². The third-order valence-corrected chi connectivity index (χ3v) is 6.61. The summed E-state index contributed by atoms with van der Waals surface area (Å²) in [5.41, 5.74) is 6.10. The van der Waals surface area contributed by atoms with E-state index in [4.69, 9.17) is 29.6 Å². The number of piperidine rings is 1. The maximum absolute atomic E-state index is 12.8. The second-order valence-electron chi connectivity index (χ2n) is 5.60. The van der Waals surface area contributed by atoms with Gasteiger partial charge in [0.05, 0.1) is 5.02 Å². The summed E-state index contributed by atoms with van der Waals surface area (Å²) in [6.45, 7) is 4.60. The molecule has 1 fully saturated rings. The molecule has 0 aromatic heterocycles. The van der Waals surface area contributed by atoms with Gasteiger partial charge in [0, 0.05) is 18.2 Å². The van der Waals surface area contributed by atoms with Crippen molar-refractivity contribution in [2.45, 2.75) is 37.6 Å². The van der Waals surface area contributed by atoms with Crippen LogP contribution in [0.15, 0.2) is 23.1 Å². The molecule has 1 aliphatic heterocycles. The van der Waals surface area contributed by atoms with Gasteiger partial charge in [-0.05, 0) is 37.8 Å². The SMILES string of the molecule is CC1CCN(S(=O)(=O)c2ccc(C(N)=S)cc2Cl)C(C)C1. The molecule has 1 heterocycles. The molecular formula is C14H19ClN2O2S2. The van der Waals surface area contributed by atoms with Crippen LogP contribution in [0.2, 0.25) is 5.02 Å². The van der Waals surface area contributed by atoms with E-state index in [1.165, 1.54) is 16.4 Å². The zero-order valence-corrected chi connectivity index (χ0v) is 14.4. The fraction of sp³-hybridized carbons (Fsp3) is 0.500. The standard InChI is InChI=1S/C14H19ClN2O2S2/c1-9-5-6-17(10(2)7-9)21(18,19)13-4-3-11(14(16)20)8-12(13)15/h3-4,8-10H,5-7H2,1-2H3,(H2,16,20). The minimum Gasteiger partial charge on any atom is -0.389 e. The molecule has 0 aliphatic carbocycles. The van der Waals surface area contributed by atoms with Crippen LogP contribution in [0.1, 0.15) is 32.3 Å². The van der Waals surface area contributed by atoms with Gasteiger partial charge in [0.1, 0.15) is 9.88 Å². The number of sulfonamides is 1. The Labute approximate surface area is 136 Å². The lowest BCUT2D eigenvalue weighted by molar-refractivity contribution is 0.220. The Kier molecular flexibility index (Phi) is 4.92. The summed E-state index contributed by atoms with van der Waals surface area (Å²) in [7, 11) is -3.59. The van der Waals surface area contributed by atoms with E-state index in [0.717, 1.165) is 12.8 Å². The van der Waals surface area contributed by atoms with Crippen molar-refractivity contribution in [2.24, 2.45) is 11.7 Å². The maximum atomic E-state index is 12.8. The lowest BCUT2D eigenvalue weighted by Gasteiger charge is -2.35. The highest BCUT2D eigenvalue weighted by molar-refractivity contribution is 7.89. The zero-order valence-electron chi connectivity index (χ0n) is 12.0. The Bertz CT molecular complexity index is 661. The van der Waals surface area contributed by atoms with Gasteiger partial charge in [-0.3, -0.25) is 0 Å². The van der Waals surface area contributed by atoms with Crippen LogP contribution in [0.5, 0.6) is 0 Å². The van der Waals surface area contributed by atoms with E-state index in [1.807, 2.05) is 6.92 Å². The summed E-state index contributed by atoms with van der Waals surface area (Å²) in [5.74, 6) is 0.541. The Balaban J connectivity index is 2.38. The van der Waals surface area contributed by atoms with Crippen molar-refractivity contribution in [2.75, 3.05) is 6.54 Å².